The fourth-order valence-electron chi connectivity index (χ4n) is 2.61. The molecule has 4 heterocycles. The van der Waals surface area contributed by atoms with Gasteiger partial charge in [0.25, 0.3) is 5.89 Å². The number of nitrogens with zero attached hydrogens (tertiary/aromatic N) is 5. The third-order valence-corrected chi connectivity index (χ3v) is 3.85. The van der Waals surface area contributed by atoms with Crippen molar-refractivity contribution in [3.05, 3.63) is 60.4 Å². The van der Waals surface area contributed by atoms with Crippen LogP contribution in [0.15, 0.2) is 53.4 Å². The van der Waals surface area contributed by atoms with Gasteiger partial charge in [-0.1, -0.05) is 11.2 Å². The number of imidazole rings is 1. The van der Waals surface area contributed by atoms with Crippen LogP contribution >= 0.6 is 0 Å². The lowest BCUT2D eigenvalue weighted by Crippen LogP contribution is -2.06. The molecule has 0 saturated carbocycles. The van der Waals surface area contributed by atoms with Crippen LogP contribution in [0.1, 0.15) is 11.5 Å². The summed E-state index contributed by atoms with van der Waals surface area (Å²) in [7, 11) is 1.59. The molecule has 132 valence electrons. The maximum absolute atomic E-state index is 5.20. The lowest BCUT2D eigenvalue weighted by Gasteiger charge is -2.04. The van der Waals surface area contributed by atoms with Gasteiger partial charge in [-0.3, -0.25) is 0 Å². The number of aromatic nitrogens is 5. The van der Waals surface area contributed by atoms with E-state index in [0.29, 0.717) is 18.3 Å². The topological polar surface area (TPSA) is 90.4 Å². The average Bonchev–Trinajstić information content (AvgIpc) is 3.29. The van der Waals surface area contributed by atoms with Crippen molar-refractivity contribution in [1.29, 1.82) is 0 Å². The number of nitrogens with one attached hydrogen (secondary N) is 1. The van der Waals surface area contributed by atoms with Crippen LogP contribution in [0.4, 0.5) is 5.82 Å². The second-order valence-corrected chi connectivity index (χ2v) is 5.76. The largest absolute Gasteiger partial charge is 0.377 e. The summed E-state index contributed by atoms with van der Waals surface area (Å²) in [6.45, 7) is 1.06. The Kier molecular flexibility index (Phi) is 4.57. The summed E-state index contributed by atoms with van der Waals surface area (Å²) < 4.78 is 12.2. The maximum Gasteiger partial charge on any atom is 0.259 e. The van der Waals surface area contributed by atoms with Gasteiger partial charge in [-0.25, -0.2) is 9.97 Å². The number of fused-ring (bicyclic) bond motifs is 1. The number of ether oxygens (including phenoxy) is 1. The Bertz CT molecular complexity index is 959. The molecular weight excluding hydrogens is 332 g/mol. The molecule has 8 heteroatoms. The molecule has 4 aromatic rings. The summed E-state index contributed by atoms with van der Waals surface area (Å²) in [6, 6.07) is 9.75. The molecule has 0 radical (unpaired) electrons. The van der Waals surface area contributed by atoms with Crippen molar-refractivity contribution in [3.63, 3.8) is 0 Å². The quantitative estimate of drug-likeness (QED) is 0.548. The van der Waals surface area contributed by atoms with Crippen molar-refractivity contribution in [2.24, 2.45) is 0 Å². The molecule has 4 aromatic heterocycles. The van der Waals surface area contributed by atoms with Crippen LogP contribution in [0.2, 0.25) is 0 Å². The molecule has 0 aliphatic rings. The van der Waals surface area contributed by atoms with Crippen molar-refractivity contribution in [2.75, 3.05) is 19.0 Å². The molecular formula is C18H18N6O2. The Hall–Kier alpha value is -3.26. The number of anilines is 1. The van der Waals surface area contributed by atoms with Gasteiger partial charge < -0.3 is 19.0 Å². The molecule has 0 aliphatic heterocycles. The highest BCUT2D eigenvalue weighted by atomic mass is 16.5. The minimum atomic E-state index is 0.319. The molecule has 0 aliphatic carbocycles. The number of pyridine rings is 2. The first-order chi connectivity index (χ1) is 12.8. The highest BCUT2D eigenvalue weighted by Gasteiger charge is 2.09. The predicted molar refractivity (Wildman–Crippen MR) is 95.6 cm³/mol. The first-order valence-corrected chi connectivity index (χ1v) is 8.26. The smallest absolute Gasteiger partial charge is 0.259 e. The Morgan fingerprint density at radius 1 is 1.19 bits per heavy atom. The van der Waals surface area contributed by atoms with Crippen LogP contribution in [-0.2, 0) is 17.8 Å². The van der Waals surface area contributed by atoms with E-state index in [1.54, 1.807) is 13.3 Å². The Morgan fingerprint density at radius 3 is 2.96 bits per heavy atom. The van der Waals surface area contributed by atoms with Gasteiger partial charge in [0.05, 0.1) is 11.3 Å². The monoisotopic (exact) mass is 350 g/mol. The Balaban J connectivity index is 1.35. The van der Waals surface area contributed by atoms with Crippen molar-refractivity contribution in [1.82, 2.24) is 24.5 Å². The second-order valence-electron chi connectivity index (χ2n) is 5.76. The SMILES string of the molecule is COCc1noc(-c2ccc(NCCc3cn4ccccc4n3)nc2)n1. The minimum Gasteiger partial charge on any atom is -0.377 e. The van der Waals surface area contributed by atoms with Crippen molar-refractivity contribution in [2.45, 2.75) is 13.0 Å². The molecule has 0 saturated heterocycles. The van der Waals surface area contributed by atoms with Crippen LogP contribution in [-0.4, -0.2) is 38.2 Å². The highest BCUT2D eigenvalue weighted by molar-refractivity contribution is 5.54. The van der Waals surface area contributed by atoms with E-state index in [1.165, 1.54) is 0 Å². The molecule has 4 rings (SSSR count). The summed E-state index contributed by atoms with van der Waals surface area (Å²) in [5.74, 6) is 1.73. The van der Waals surface area contributed by atoms with Gasteiger partial charge in [0, 0.05) is 38.7 Å². The van der Waals surface area contributed by atoms with Crippen LogP contribution in [0.3, 0.4) is 0 Å². The fourth-order valence-corrected chi connectivity index (χ4v) is 2.61. The van der Waals surface area contributed by atoms with E-state index < -0.39 is 0 Å². The van der Waals surface area contributed by atoms with Crippen LogP contribution in [0.25, 0.3) is 17.1 Å². The molecule has 26 heavy (non-hydrogen) atoms. The summed E-state index contributed by atoms with van der Waals surface area (Å²) in [5, 5.41) is 7.14. The van der Waals surface area contributed by atoms with Crippen LogP contribution < -0.4 is 5.32 Å². The van der Waals surface area contributed by atoms with Gasteiger partial charge in [-0.2, -0.15) is 4.98 Å². The minimum absolute atomic E-state index is 0.319. The zero-order valence-electron chi connectivity index (χ0n) is 14.3. The molecule has 0 bridgehead atoms. The number of hydrogen-bond acceptors (Lipinski definition) is 7. The van der Waals surface area contributed by atoms with E-state index >= 15 is 0 Å². The van der Waals surface area contributed by atoms with Crippen LogP contribution in [0.5, 0.6) is 0 Å². The van der Waals surface area contributed by atoms with Gasteiger partial charge >= 0.3 is 0 Å². The zero-order chi connectivity index (χ0) is 17.8. The van der Waals surface area contributed by atoms with E-state index in [0.717, 1.165) is 35.7 Å². The summed E-state index contributed by atoms with van der Waals surface area (Å²) >= 11 is 0. The predicted octanol–water partition coefficient (Wildman–Crippen LogP) is 2.58. The second kappa shape index (κ2) is 7.32. The summed E-state index contributed by atoms with van der Waals surface area (Å²) in [5.41, 5.74) is 2.76. The van der Waals surface area contributed by atoms with Crippen molar-refractivity contribution in [3.8, 4) is 11.5 Å². The Morgan fingerprint density at radius 2 is 2.15 bits per heavy atom. The maximum atomic E-state index is 5.20. The standard InChI is InChI=1S/C18H18N6O2/c1-25-12-16-22-18(26-23-16)13-5-6-15(20-10-13)19-8-7-14-11-24-9-3-2-4-17(24)21-14/h2-6,9-11H,7-8,12H2,1H3,(H,19,20). The lowest BCUT2D eigenvalue weighted by atomic mass is 10.3. The number of methoxy groups -OCH3 is 1. The van der Waals surface area contributed by atoms with E-state index in [9.17, 15) is 0 Å². The number of hydrogen-bond donors (Lipinski definition) is 1. The molecule has 0 amide bonds. The van der Waals surface area contributed by atoms with Gasteiger partial charge in [0.1, 0.15) is 18.1 Å². The third kappa shape index (κ3) is 3.55. The first-order valence-electron chi connectivity index (χ1n) is 8.26. The molecule has 8 nitrogen and oxygen atoms in total. The van der Waals surface area contributed by atoms with E-state index in [-0.39, 0.29) is 0 Å². The summed E-state index contributed by atoms with van der Waals surface area (Å²) in [4.78, 5) is 13.2. The average molecular weight is 350 g/mol. The number of rotatable bonds is 7. The molecule has 1 N–H and O–H groups in total. The molecule has 0 atom stereocenters. The lowest BCUT2D eigenvalue weighted by molar-refractivity contribution is 0.174. The van der Waals surface area contributed by atoms with Gasteiger partial charge in [-0.15, -0.1) is 0 Å². The van der Waals surface area contributed by atoms with E-state index in [2.05, 4.69) is 25.4 Å². The van der Waals surface area contributed by atoms with Crippen molar-refractivity contribution >= 4 is 11.5 Å². The van der Waals surface area contributed by atoms with Gasteiger partial charge in [-0.05, 0) is 24.3 Å². The van der Waals surface area contributed by atoms with Gasteiger partial charge in [0.15, 0.2) is 5.82 Å². The molecule has 0 aromatic carbocycles. The zero-order valence-corrected chi connectivity index (χ0v) is 14.3. The van der Waals surface area contributed by atoms with Gasteiger partial charge in [0.2, 0.25) is 0 Å². The third-order valence-electron chi connectivity index (χ3n) is 3.85. The normalized spacial score (nSPS) is 11.1. The van der Waals surface area contributed by atoms with E-state index in [1.807, 2.05) is 47.1 Å². The van der Waals surface area contributed by atoms with E-state index in [4.69, 9.17) is 9.26 Å². The molecule has 0 unspecified atom stereocenters. The van der Waals surface area contributed by atoms with Crippen molar-refractivity contribution < 1.29 is 9.26 Å². The molecule has 0 fully saturated rings. The highest BCUT2D eigenvalue weighted by Crippen LogP contribution is 2.17. The summed E-state index contributed by atoms with van der Waals surface area (Å²) in [6.07, 6.45) is 6.56. The first kappa shape index (κ1) is 16.2. The van der Waals surface area contributed by atoms with Crippen LogP contribution in [0, 0.1) is 0 Å². The Labute approximate surface area is 149 Å². The fraction of sp³-hybridized carbons (Fsp3) is 0.222. The molecule has 0 spiro atoms.